The Morgan fingerprint density at radius 2 is 1.78 bits per heavy atom. The zero-order valence-corrected chi connectivity index (χ0v) is 10.4. The maximum atomic E-state index is 11.9. The molecule has 90 valence electrons. The Hall–Kier alpha value is -2.22. The number of pyridine rings is 1. The van der Waals surface area contributed by atoms with Crippen LogP contribution in [0, 0.1) is 0 Å². The van der Waals surface area contributed by atoms with E-state index in [2.05, 4.69) is 6.92 Å². The lowest BCUT2D eigenvalue weighted by molar-refractivity contribution is -0.568. The van der Waals surface area contributed by atoms with Crippen LogP contribution in [0.4, 0.5) is 0 Å². The molecule has 0 bridgehead atoms. The number of hydrogen-bond donors (Lipinski definition) is 0. The van der Waals surface area contributed by atoms with Crippen molar-refractivity contribution in [3.63, 3.8) is 0 Å². The summed E-state index contributed by atoms with van der Waals surface area (Å²) in [6.45, 7) is 2.10. The molecule has 0 radical (unpaired) electrons. The number of aromatic nitrogens is 1. The average molecular weight is 238 g/mol. The van der Waals surface area contributed by atoms with Gasteiger partial charge in [-0.15, -0.1) is 0 Å². The van der Waals surface area contributed by atoms with Crippen LogP contribution in [0.25, 0.3) is 6.20 Å². The first-order valence-corrected chi connectivity index (χ1v) is 6.07. The first-order chi connectivity index (χ1) is 8.79. The molecule has 0 amide bonds. The van der Waals surface area contributed by atoms with Crippen molar-refractivity contribution in [1.29, 1.82) is 0 Å². The van der Waals surface area contributed by atoms with Crippen molar-refractivity contribution in [3.8, 4) is 0 Å². The largest absolute Gasteiger partial charge is 0.289 e. The third-order valence-corrected chi connectivity index (χ3v) is 2.78. The minimum absolute atomic E-state index is 0.0222. The molecule has 0 aliphatic rings. The van der Waals surface area contributed by atoms with Gasteiger partial charge in [0.2, 0.25) is 0 Å². The van der Waals surface area contributed by atoms with E-state index in [4.69, 9.17) is 0 Å². The van der Waals surface area contributed by atoms with Crippen molar-refractivity contribution < 1.29 is 9.36 Å². The second-order valence-electron chi connectivity index (χ2n) is 4.05. The molecule has 0 spiro atoms. The van der Waals surface area contributed by atoms with Crippen LogP contribution in [-0.2, 0) is 6.42 Å². The van der Waals surface area contributed by atoms with Gasteiger partial charge >= 0.3 is 0 Å². The van der Waals surface area contributed by atoms with Crippen molar-refractivity contribution in [2.75, 3.05) is 0 Å². The Balaban J connectivity index is 2.09. The highest BCUT2D eigenvalue weighted by Crippen LogP contribution is 2.06. The molecule has 0 aliphatic carbocycles. The summed E-state index contributed by atoms with van der Waals surface area (Å²) in [7, 11) is 0. The van der Waals surface area contributed by atoms with E-state index >= 15 is 0 Å². The van der Waals surface area contributed by atoms with E-state index in [9.17, 15) is 4.79 Å². The SMILES string of the molecule is CCc1ccc(C(=O)C=C[n+]2ccccc2)cc1. The molecule has 0 N–H and O–H groups in total. The van der Waals surface area contributed by atoms with Gasteiger partial charge in [0.1, 0.15) is 0 Å². The summed E-state index contributed by atoms with van der Waals surface area (Å²) in [5.74, 6) is 0.0222. The molecule has 2 nitrogen and oxygen atoms in total. The number of aryl methyl sites for hydroxylation is 1. The van der Waals surface area contributed by atoms with Crippen LogP contribution >= 0.6 is 0 Å². The van der Waals surface area contributed by atoms with Crippen molar-refractivity contribution >= 4 is 12.0 Å². The first-order valence-electron chi connectivity index (χ1n) is 6.07. The first kappa shape index (κ1) is 12.2. The number of benzene rings is 1. The lowest BCUT2D eigenvalue weighted by Crippen LogP contribution is -2.23. The van der Waals surface area contributed by atoms with Crippen molar-refractivity contribution in [3.05, 3.63) is 72.1 Å². The smallest absolute Gasteiger partial charge is 0.191 e. The molecule has 0 unspecified atom stereocenters. The zero-order valence-electron chi connectivity index (χ0n) is 10.4. The molecule has 2 heteroatoms. The van der Waals surface area contributed by atoms with Crippen LogP contribution in [0.1, 0.15) is 22.8 Å². The van der Waals surface area contributed by atoms with Gasteiger partial charge in [0.15, 0.2) is 24.4 Å². The summed E-state index contributed by atoms with van der Waals surface area (Å²) in [4.78, 5) is 11.9. The van der Waals surface area contributed by atoms with E-state index in [-0.39, 0.29) is 5.78 Å². The summed E-state index contributed by atoms with van der Waals surface area (Å²) < 4.78 is 1.85. The Morgan fingerprint density at radius 3 is 2.39 bits per heavy atom. The minimum Gasteiger partial charge on any atom is -0.289 e. The molecule has 0 atom stereocenters. The fourth-order valence-electron chi connectivity index (χ4n) is 1.67. The standard InChI is InChI=1S/C16H16NO/c1-2-14-6-8-15(9-7-14)16(18)10-13-17-11-4-3-5-12-17/h3-13H,2H2,1H3/q+1. The topological polar surface area (TPSA) is 20.9 Å². The Kier molecular flexibility index (Phi) is 4.02. The van der Waals surface area contributed by atoms with Crippen LogP contribution in [0.3, 0.4) is 0 Å². The van der Waals surface area contributed by atoms with E-state index in [1.807, 2.05) is 59.4 Å². The highest BCUT2D eigenvalue weighted by Gasteiger charge is 2.02. The average Bonchev–Trinajstić information content (AvgIpc) is 2.46. The molecule has 0 fully saturated rings. The maximum absolute atomic E-state index is 11.9. The van der Waals surface area contributed by atoms with E-state index < -0.39 is 0 Å². The monoisotopic (exact) mass is 238 g/mol. The highest BCUT2D eigenvalue weighted by atomic mass is 16.1. The Bertz CT molecular complexity index is 541. The molecule has 1 aromatic carbocycles. The second kappa shape index (κ2) is 5.92. The van der Waals surface area contributed by atoms with E-state index in [1.54, 1.807) is 12.3 Å². The molecular weight excluding hydrogens is 222 g/mol. The van der Waals surface area contributed by atoms with Crippen LogP contribution in [-0.4, -0.2) is 5.78 Å². The number of carbonyl (C=O) groups excluding carboxylic acids is 1. The third kappa shape index (κ3) is 3.14. The van der Waals surface area contributed by atoms with Gasteiger partial charge in [0.25, 0.3) is 0 Å². The van der Waals surface area contributed by atoms with Crippen LogP contribution < -0.4 is 4.57 Å². The maximum Gasteiger partial charge on any atom is 0.191 e. The molecule has 1 heterocycles. The molecule has 2 rings (SSSR count). The fourth-order valence-corrected chi connectivity index (χ4v) is 1.67. The van der Waals surface area contributed by atoms with Crippen molar-refractivity contribution in [2.45, 2.75) is 13.3 Å². The lowest BCUT2D eigenvalue weighted by atomic mass is 10.1. The number of carbonyl (C=O) groups is 1. The quantitative estimate of drug-likeness (QED) is 0.456. The van der Waals surface area contributed by atoms with Gasteiger partial charge in [0.05, 0.1) is 6.08 Å². The molecule has 0 aliphatic heterocycles. The van der Waals surface area contributed by atoms with Crippen molar-refractivity contribution in [2.24, 2.45) is 0 Å². The van der Waals surface area contributed by atoms with E-state index in [0.29, 0.717) is 0 Å². The van der Waals surface area contributed by atoms with Crippen LogP contribution in [0.5, 0.6) is 0 Å². The zero-order chi connectivity index (χ0) is 12.8. The normalized spacial score (nSPS) is 10.7. The molecule has 0 saturated heterocycles. The second-order valence-corrected chi connectivity index (χ2v) is 4.05. The molecular formula is C16H16NO+. The fraction of sp³-hybridized carbons (Fsp3) is 0.125. The van der Waals surface area contributed by atoms with E-state index in [1.165, 1.54) is 5.56 Å². The van der Waals surface area contributed by atoms with Gasteiger partial charge in [-0.3, -0.25) is 4.79 Å². The summed E-state index contributed by atoms with van der Waals surface area (Å²) in [5, 5.41) is 0. The van der Waals surface area contributed by atoms with Gasteiger partial charge in [0, 0.05) is 17.7 Å². The van der Waals surface area contributed by atoms with E-state index in [0.717, 1.165) is 12.0 Å². The number of allylic oxidation sites excluding steroid dienone is 1. The molecule has 2 aromatic rings. The predicted octanol–water partition coefficient (Wildman–Crippen LogP) is 2.89. The van der Waals surface area contributed by atoms with Gasteiger partial charge in [-0.05, 0) is 12.0 Å². The summed E-state index contributed by atoms with van der Waals surface area (Å²) >= 11 is 0. The van der Waals surface area contributed by atoms with Crippen molar-refractivity contribution in [1.82, 2.24) is 0 Å². The molecule has 0 saturated carbocycles. The number of hydrogen-bond acceptors (Lipinski definition) is 1. The highest BCUT2D eigenvalue weighted by molar-refractivity contribution is 6.05. The molecule has 18 heavy (non-hydrogen) atoms. The van der Waals surface area contributed by atoms with Gasteiger partial charge in [-0.2, -0.15) is 4.57 Å². The summed E-state index contributed by atoms with van der Waals surface area (Å²) in [5.41, 5.74) is 1.97. The van der Waals surface area contributed by atoms with Gasteiger partial charge < -0.3 is 0 Å². The molecule has 1 aromatic heterocycles. The van der Waals surface area contributed by atoms with Gasteiger partial charge in [-0.1, -0.05) is 37.3 Å². The summed E-state index contributed by atoms with van der Waals surface area (Å²) in [6.07, 6.45) is 8.12. The Morgan fingerprint density at radius 1 is 1.11 bits per heavy atom. The van der Waals surface area contributed by atoms with Gasteiger partial charge in [-0.25, -0.2) is 0 Å². The lowest BCUT2D eigenvalue weighted by Gasteiger charge is -1.97. The minimum atomic E-state index is 0.0222. The Labute approximate surface area is 107 Å². The number of rotatable bonds is 4. The summed E-state index contributed by atoms with van der Waals surface area (Å²) in [6, 6.07) is 13.5. The predicted molar refractivity (Wildman–Crippen MR) is 72.1 cm³/mol. The third-order valence-electron chi connectivity index (χ3n) is 2.78. The number of ketones is 1. The van der Waals surface area contributed by atoms with Crippen LogP contribution in [0.2, 0.25) is 0 Å². The van der Waals surface area contributed by atoms with Crippen LogP contribution in [0.15, 0.2) is 60.9 Å². The number of nitrogens with zero attached hydrogens (tertiary/aromatic N) is 1.